The van der Waals surface area contributed by atoms with Crippen molar-refractivity contribution in [1.82, 2.24) is 24.7 Å². The number of amides is 1. The molecule has 4 aromatic rings. The molecule has 1 aliphatic rings. The molecular formula is C22H20F4N6O. The third-order valence-electron chi connectivity index (χ3n) is 5.88. The van der Waals surface area contributed by atoms with Gasteiger partial charge in [-0.25, -0.2) is 14.4 Å². The summed E-state index contributed by atoms with van der Waals surface area (Å²) in [7, 11) is 0. The minimum atomic E-state index is -4.51. The van der Waals surface area contributed by atoms with E-state index < -0.39 is 17.7 Å². The zero-order chi connectivity index (χ0) is 23.2. The average Bonchev–Trinajstić information content (AvgIpc) is 3.39. The van der Waals surface area contributed by atoms with E-state index in [0.29, 0.717) is 35.4 Å². The lowest BCUT2D eigenvalue weighted by atomic mass is 9.91. The van der Waals surface area contributed by atoms with E-state index >= 15 is 0 Å². The van der Waals surface area contributed by atoms with Gasteiger partial charge in [0.25, 0.3) is 5.91 Å². The number of carbonyl (C=O) groups is 1. The third kappa shape index (κ3) is 4.35. The molecule has 4 heterocycles. The van der Waals surface area contributed by atoms with Crippen LogP contribution in [0.4, 0.5) is 23.4 Å². The maximum Gasteiger partial charge on any atom is 0.434 e. The average molecular weight is 460 g/mol. The molecule has 0 bridgehead atoms. The van der Waals surface area contributed by atoms with Crippen molar-refractivity contribution in [3.05, 3.63) is 59.9 Å². The summed E-state index contributed by atoms with van der Waals surface area (Å²) in [4.78, 5) is 23.1. The second-order valence-electron chi connectivity index (χ2n) is 8.20. The molecule has 0 radical (unpaired) electrons. The summed E-state index contributed by atoms with van der Waals surface area (Å²) < 4.78 is 53.8. The number of aromatic amines is 1. The molecule has 0 atom stereocenters. The van der Waals surface area contributed by atoms with Crippen molar-refractivity contribution in [2.24, 2.45) is 0 Å². The lowest BCUT2D eigenvalue weighted by Crippen LogP contribution is -2.40. The third-order valence-corrected chi connectivity index (χ3v) is 5.88. The molecule has 4 aromatic heterocycles. The van der Waals surface area contributed by atoms with Gasteiger partial charge >= 0.3 is 6.18 Å². The Morgan fingerprint density at radius 3 is 2.64 bits per heavy atom. The first-order valence-electron chi connectivity index (χ1n) is 10.5. The number of carbonyl (C=O) groups excluding carboxylic acids is 1. The van der Waals surface area contributed by atoms with E-state index in [1.54, 1.807) is 18.2 Å². The fraction of sp³-hybridized carbons (Fsp3) is 0.318. The molecule has 1 aliphatic carbocycles. The first-order chi connectivity index (χ1) is 15.8. The van der Waals surface area contributed by atoms with Crippen molar-refractivity contribution in [3.63, 3.8) is 0 Å². The number of fused-ring (bicyclic) bond motifs is 2. The van der Waals surface area contributed by atoms with E-state index in [4.69, 9.17) is 0 Å². The number of nitrogens with zero attached hydrogens (tertiary/aromatic N) is 3. The zero-order valence-corrected chi connectivity index (χ0v) is 17.3. The molecule has 1 saturated carbocycles. The standard InChI is InChI=1S/C22H20F4N6O/c23-13-8-12-9-16(30-20(12)27-10-13)21(33)29-15-6-4-14(5-7-15)28-18-2-1-3-19-31-17(11-32(18)19)22(24,25)26/h1-3,8-11,14-15,28H,4-7H2,(H,27,30)(H,29,33). The normalized spacial score (nSPS) is 19.2. The lowest BCUT2D eigenvalue weighted by molar-refractivity contribution is -0.140. The Morgan fingerprint density at radius 1 is 1.12 bits per heavy atom. The summed E-state index contributed by atoms with van der Waals surface area (Å²) in [6, 6.07) is 7.81. The number of nitrogens with one attached hydrogen (secondary N) is 3. The number of alkyl halides is 3. The van der Waals surface area contributed by atoms with E-state index in [1.165, 1.54) is 16.5 Å². The topological polar surface area (TPSA) is 87.1 Å². The fourth-order valence-electron chi connectivity index (χ4n) is 4.23. The van der Waals surface area contributed by atoms with Crippen molar-refractivity contribution in [2.45, 2.75) is 43.9 Å². The zero-order valence-electron chi connectivity index (χ0n) is 17.3. The molecular weight excluding hydrogens is 440 g/mol. The number of anilines is 1. The minimum Gasteiger partial charge on any atom is -0.368 e. The highest BCUT2D eigenvalue weighted by molar-refractivity contribution is 5.97. The van der Waals surface area contributed by atoms with Gasteiger partial charge in [0.15, 0.2) is 5.69 Å². The second-order valence-corrected chi connectivity index (χ2v) is 8.20. The van der Waals surface area contributed by atoms with Gasteiger partial charge in [0.2, 0.25) is 0 Å². The highest BCUT2D eigenvalue weighted by Crippen LogP contribution is 2.30. The van der Waals surface area contributed by atoms with Crippen molar-refractivity contribution in [2.75, 3.05) is 5.32 Å². The number of rotatable bonds is 4. The Balaban J connectivity index is 1.20. The van der Waals surface area contributed by atoms with Crippen molar-refractivity contribution in [3.8, 4) is 0 Å². The van der Waals surface area contributed by atoms with Crippen LogP contribution < -0.4 is 10.6 Å². The first-order valence-corrected chi connectivity index (χ1v) is 10.5. The molecule has 1 amide bonds. The summed E-state index contributed by atoms with van der Waals surface area (Å²) in [5.41, 5.74) is 0.0477. The number of H-pyrrole nitrogens is 1. The van der Waals surface area contributed by atoms with Crippen LogP contribution in [0, 0.1) is 5.82 Å². The molecule has 7 nitrogen and oxygen atoms in total. The quantitative estimate of drug-likeness (QED) is 0.391. The molecule has 33 heavy (non-hydrogen) atoms. The van der Waals surface area contributed by atoms with Crippen LogP contribution in [0.3, 0.4) is 0 Å². The van der Waals surface area contributed by atoms with Gasteiger partial charge in [-0.3, -0.25) is 9.20 Å². The largest absolute Gasteiger partial charge is 0.434 e. The highest BCUT2D eigenvalue weighted by Gasteiger charge is 2.34. The van der Waals surface area contributed by atoms with Gasteiger partial charge < -0.3 is 15.6 Å². The maximum absolute atomic E-state index is 13.3. The van der Waals surface area contributed by atoms with Crippen molar-refractivity contribution < 1.29 is 22.4 Å². The predicted octanol–water partition coefficient (Wildman–Crippen LogP) is 4.52. The smallest absolute Gasteiger partial charge is 0.368 e. The molecule has 0 aliphatic heterocycles. The lowest BCUT2D eigenvalue weighted by Gasteiger charge is -2.30. The highest BCUT2D eigenvalue weighted by atomic mass is 19.4. The molecule has 0 spiro atoms. The van der Waals surface area contributed by atoms with E-state index in [1.807, 2.05) is 0 Å². The van der Waals surface area contributed by atoms with E-state index in [-0.39, 0.29) is 23.6 Å². The molecule has 11 heteroatoms. The Labute approximate surface area is 185 Å². The molecule has 1 fully saturated rings. The molecule has 5 rings (SSSR count). The summed E-state index contributed by atoms with van der Waals surface area (Å²) in [5.74, 6) is -0.214. The fourth-order valence-corrected chi connectivity index (χ4v) is 4.23. The van der Waals surface area contributed by atoms with Crippen molar-refractivity contribution in [1.29, 1.82) is 0 Å². The van der Waals surface area contributed by atoms with Gasteiger partial charge in [0.05, 0.1) is 6.20 Å². The van der Waals surface area contributed by atoms with Gasteiger partial charge in [0.1, 0.15) is 28.6 Å². The first kappa shape index (κ1) is 21.2. The second kappa shape index (κ2) is 8.05. The van der Waals surface area contributed by atoms with Gasteiger partial charge in [0, 0.05) is 23.7 Å². The van der Waals surface area contributed by atoms with Crippen LogP contribution in [0.1, 0.15) is 41.9 Å². The van der Waals surface area contributed by atoms with Crippen LogP contribution >= 0.6 is 0 Å². The summed E-state index contributed by atoms with van der Waals surface area (Å²) in [6.07, 6.45) is 0.472. The van der Waals surface area contributed by atoms with Crippen LogP contribution in [-0.4, -0.2) is 37.3 Å². The van der Waals surface area contributed by atoms with Gasteiger partial charge in [-0.2, -0.15) is 13.2 Å². The van der Waals surface area contributed by atoms with E-state index in [0.717, 1.165) is 25.2 Å². The predicted molar refractivity (Wildman–Crippen MR) is 113 cm³/mol. The monoisotopic (exact) mass is 460 g/mol. The van der Waals surface area contributed by atoms with Gasteiger partial charge in [-0.1, -0.05) is 6.07 Å². The Kier molecular flexibility index (Phi) is 5.18. The SMILES string of the molecule is O=C(NC1CCC(Nc2cccc3nc(C(F)(F)F)cn23)CC1)c1cc2cc(F)cnc2[nH]1. The van der Waals surface area contributed by atoms with Gasteiger partial charge in [-0.15, -0.1) is 0 Å². The van der Waals surface area contributed by atoms with Crippen LogP contribution in [-0.2, 0) is 6.18 Å². The van der Waals surface area contributed by atoms with Crippen molar-refractivity contribution >= 4 is 28.4 Å². The molecule has 3 N–H and O–H groups in total. The number of hydrogen-bond acceptors (Lipinski definition) is 4. The number of aromatic nitrogens is 4. The minimum absolute atomic E-state index is 0.0347. The van der Waals surface area contributed by atoms with E-state index in [9.17, 15) is 22.4 Å². The Hall–Kier alpha value is -3.63. The number of pyridine rings is 2. The summed E-state index contributed by atoms with van der Waals surface area (Å²) in [6.45, 7) is 0. The molecule has 0 unspecified atom stereocenters. The van der Waals surface area contributed by atoms with Crippen LogP contribution in [0.25, 0.3) is 16.7 Å². The van der Waals surface area contributed by atoms with Crippen LogP contribution in [0.2, 0.25) is 0 Å². The molecule has 0 saturated heterocycles. The summed E-state index contributed by atoms with van der Waals surface area (Å²) in [5, 5.41) is 6.82. The Bertz CT molecular complexity index is 1320. The molecule has 172 valence electrons. The van der Waals surface area contributed by atoms with Gasteiger partial charge in [-0.05, 0) is 49.9 Å². The number of halogens is 4. The Morgan fingerprint density at radius 2 is 1.88 bits per heavy atom. The maximum atomic E-state index is 13.3. The van der Waals surface area contributed by atoms with E-state index in [2.05, 4.69) is 25.6 Å². The molecule has 0 aromatic carbocycles. The van der Waals surface area contributed by atoms with Crippen LogP contribution in [0.15, 0.2) is 42.7 Å². The number of imidazole rings is 1. The number of hydrogen-bond donors (Lipinski definition) is 3. The summed E-state index contributed by atoms with van der Waals surface area (Å²) >= 11 is 0. The van der Waals surface area contributed by atoms with Crippen LogP contribution in [0.5, 0.6) is 0 Å².